The van der Waals surface area contributed by atoms with Crippen molar-refractivity contribution in [3.63, 3.8) is 0 Å². The van der Waals surface area contributed by atoms with Crippen LogP contribution in [0.2, 0.25) is 0 Å². The summed E-state index contributed by atoms with van der Waals surface area (Å²) in [6, 6.07) is 2.56. The van der Waals surface area contributed by atoms with Gasteiger partial charge >= 0.3 is 0 Å². The van der Waals surface area contributed by atoms with Gasteiger partial charge in [-0.1, -0.05) is 0 Å². The van der Waals surface area contributed by atoms with Gasteiger partial charge in [-0.3, -0.25) is 14.6 Å². The van der Waals surface area contributed by atoms with Crippen LogP contribution in [0.5, 0.6) is 5.75 Å². The van der Waals surface area contributed by atoms with Gasteiger partial charge in [-0.25, -0.2) is 12.8 Å². The summed E-state index contributed by atoms with van der Waals surface area (Å²) in [4.78, 5) is 28.4. The Balaban J connectivity index is 2.29. The Bertz CT molecular complexity index is 1040. The molecule has 0 bridgehead atoms. The molecule has 1 atom stereocenters. The maximum absolute atomic E-state index is 13.7. The minimum atomic E-state index is -3.45. The molecular weight excluding hydrogens is 405 g/mol. The van der Waals surface area contributed by atoms with Gasteiger partial charge in [-0.05, 0) is 30.7 Å². The average Bonchev–Trinajstić information content (AvgIpc) is 2.63. The number of aromatic hydroxyl groups is 1. The molecule has 0 spiro atoms. The number of hydrogen-bond donors (Lipinski definition) is 4. The summed E-state index contributed by atoms with van der Waals surface area (Å²) in [5.74, 6) is -3.24. The summed E-state index contributed by atoms with van der Waals surface area (Å²) >= 11 is 0. The number of phenols is 1. The zero-order valence-electron chi connectivity index (χ0n) is 15.6. The predicted octanol–water partition coefficient (Wildman–Crippen LogP) is 0.622. The van der Waals surface area contributed by atoms with E-state index in [9.17, 15) is 32.6 Å². The van der Waals surface area contributed by atoms with E-state index in [0.717, 1.165) is 24.6 Å². The predicted molar refractivity (Wildman–Crippen MR) is 103 cm³/mol. The molecule has 0 aliphatic carbocycles. The zero-order valence-corrected chi connectivity index (χ0v) is 16.5. The topological polar surface area (TPSA) is 146 Å². The maximum atomic E-state index is 13.7. The van der Waals surface area contributed by atoms with Crippen LogP contribution in [-0.4, -0.2) is 60.1 Å². The molecule has 9 nitrogen and oxygen atoms in total. The number of aromatic nitrogens is 1. The Labute approximate surface area is 166 Å². The molecule has 0 saturated heterocycles. The molecule has 0 saturated carbocycles. The summed E-state index contributed by atoms with van der Waals surface area (Å²) in [5, 5.41) is 24.1. The molecule has 0 aliphatic rings. The molecule has 1 heterocycles. The van der Waals surface area contributed by atoms with Gasteiger partial charge in [0, 0.05) is 18.0 Å². The molecule has 2 amide bonds. The van der Waals surface area contributed by atoms with Crippen LogP contribution in [0.15, 0.2) is 30.6 Å². The molecule has 2 rings (SSSR count). The quantitative estimate of drug-likeness (QED) is 0.476. The Morgan fingerprint density at radius 1 is 1.21 bits per heavy atom. The van der Waals surface area contributed by atoms with Crippen LogP contribution in [-0.2, 0) is 9.84 Å². The summed E-state index contributed by atoms with van der Waals surface area (Å²) in [5.41, 5.74) is -0.216. The van der Waals surface area contributed by atoms with Crippen molar-refractivity contribution in [1.29, 1.82) is 0 Å². The van der Waals surface area contributed by atoms with Gasteiger partial charge in [0.1, 0.15) is 15.6 Å². The number of nitrogens with zero attached hydrogens (tertiary/aromatic N) is 1. The van der Waals surface area contributed by atoms with Crippen LogP contribution in [0.4, 0.5) is 10.1 Å². The highest BCUT2D eigenvalue weighted by atomic mass is 32.2. The fourth-order valence-electron chi connectivity index (χ4n) is 2.61. The van der Waals surface area contributed by atoms with Gasteiger partial charge in [0.15, 0.2) is 5.82 Å². The van der Waals surface area contributed by atoms with E-state index in [1.165, 1.54) is 19.2 Å². The first-order valence-electron chi connectivity index (χ1n) is 8.36. The fraction of sp³-hybridized carbons (Fsp3) is 0.278. The first kappa shape index (κ1) is 22.2. The number of aliphatic hydroxyl groups excluding tert-OH is 1. The summed E-state index contributed by atoms with van der Waals surface area (Å²) < 4.78 is 36.5. The van der Waals surface area contributed by atoms with Crippen LogP contribution in [0, 0.1) is 12.7 Å². The molecule has 4 N–H and O–H groups in total. The fourth-order valence-corrected chi connectivity index (χ4v) is 3.53. The van der Waals surface area contributed by atoms with E-state index in [1.54, 1.807) is 0 Å². The monoisotopic (exact) mass is 425 g/mol. The number of hydrogen-bond acceptors (Lipinski definition) is 7. The number of benzene rings is 1. The Morgan fingerprint density at radius 2 is 1.90 bits per heavy atom. The van der Waals surface area contributed by atoms with Crippen LogP contribution in [0.25, 0.3) is 0 Å². The van der Waals surface area contributed by atoms with E-state index in [-0.39, 0.29) is 28.1 Å². The largest absolute Gasteiger partial charge is 0.506 e. The van der Waals surface area contributed by atoms with Crippen LogP contribution in [0.1, 0.15) is 26.3 Å². The number of amides is 2. The minimum absolute atomic E-state index is 0.0280. The number of carbonyl (C=O) groups is 2. The number of anilines is 1. The number of sulfone groups is 1. The lowest BCUT2D eigenvalue weighted by Gasteiger charge is -2.18. The molecule has 156 valence electrons. The lowest BCUT2D eigenvalue weighted by Crippen LogP contribution is -2.42. The molecule has 2 aromatic rings. The highest BCUT2D eigenvalue weighted by molar-refractivity contribution is 7.90. The van der Waals surface area contributed by atoms with E-state index >= 15 is 0 Å². The maximum Gasteiger partial charge on any atom is 0.258 e. The van der Waals surface area contributed by atoms with Crippen LogP contribution < -0.4 is 10.6 Å². The van der Waals surface area contributed by atoms with Crippen molar-refractivity contribution in [2.45, 2.75) is 13.0 Å². The second-order valence-electron chi connectivity index (χ2n) is 6.39. The smallest absolute Gasteiger partial charge is 0.258 e. The summed E-state index contributed by atoms with van der Waals surface area (Å²) in [6.45, 7) is 0.846. The van der Waals surface area contributed by atoms with Crippen molar-refractivity contribution in [1.82, 2.24) is 10.3 Å². The lowest BCUT2D eigenvalue weighted by molar-refractivity contribution is 0.0921. The molecular formula is C18H20FN3O6S. The van der Waals surface area contributed by atoms with Crippen LogP contribution >= 0.6 is 0 Å². The standard InChI is InChI=1S/C18H20FN3O6S/c1-10-12(17(25)21-11(8-23)9-29(2,27)28)3-4-15(24)16(10)22-18(26)13-5-6-20-7-14(13)19/h3-7,11,23-24H,8-9H2,1-2H3,(H,21,25)(H,22,26)/t11-/m0/s1. The Morgan fingerprint density at radius 3 is 2.48 bits per heavy atom. The molecule has 11 heteroatoms. The number of phenolic OH excluding ortho intramolecular Hbond substituents is 1. The van der Waals surface area contributed by atoms with E-state index in [1.807, 2.05) is 0 Å². The number of halogens is 1. The lowest BCUT2D eigenvalue weighted by atomic mass is 10.0. The Kier molecular flexibility index (Phi) is 6.88. The highest BCUT2D eigenvalue weighted by Crippen LogP contribution is 2.30. The first-order chi connectivity index (χ1) is 13.5. The second-order valence-corrected chi connectivity index (χ2v) is 8.57. The van der Waals surface area contributed by atoms with Crippen LogP contribution in [0.3, 0.4) is 0 Å². The molecule has 0 aliphatic heterocycles. The number of carbonyl (C=O) groups excluding carboxylic acids is 2. The number of nitrogens with one attached hydrogen (secondary N) is 2. The second kappa shape index (κ2) is 8.97. The van der Waals surface area contributed by atoms with E-state index < -0.39 is 45.9 Å². The van der Waals surface area contributed by atoms with Gasteiger partial charge in [0.05, 0.1) is 35.8 Å². The molecule has 0 unspecified atom stereocenters. The third-order valence-corrected chi connectivity index (χ3v) is 5.01. The average molecular weight is 425 g/mol. The minimum Gasteiger partial charge on any atom is -0.506 e. The van der Waals surface area contributed by atoms with E-state index in [0.29, 0.717) is 0 Å². The van der Waals surface area contributed by atoms with Crippen molar-refractivity contribution < 1.29 is 32.6 Å². The third-order valence-electron chi connectivity index (χ3n) is 4.00. The summed E-state index contributed by atoms with van der Waals surface area (Å²) in [7, 11) is -3.45. The molecule has 1 aromatic heterocycles. The number of rotatable bonds is 7. The number of aliphatic hydroxyl groups is 1. The Hall–Kier alpha value is -3.05. The van der Waals surface area contributed by atoms with Crippen molar-refractivity contribution in [2.24, 2.45) is 0 Å². The van der Waals surface area contributed by atoms with E-state index in [4.69, 9.17) is 0 Å². The molecule has 0 radical (unpaired) electrons. The third kappa shape index (κ3) is 5.72. The van der Waals surface area contributed by atoms with Crippen molar-refractivity contribution in [2.75, 3.05) is 23.9 Å². The van der Waals surface area contributed by atoms with Gasteiger partial charge in [0.2, 0.25) is 0 Å². The molecule has 29 heavy (non-hydrogen) atoms. The van der Waals surface area contributed by atoms with E-state index in [2.05, 4.69) is 15.6 Å². The first-order valence-corrected chi connectivity index (χ1v) is 10.4. The van der Waals surface area contributed by atoms with Crippen molar-refractivity contribution >= 4 is 27.3 Å². The van der Waals surface area contributed by atoms with Gasteiger partial charge in [-0.15, -0.1) is 0 Å². The highest BCUT2D eigenvalue weighted by Gasteiger charge is 2.22. The summed E-state index contributed by atoms with van der Waals surface area (Å²) in [6.07, 6.45) is 3.06. The van der Waals surface area contributed by atoms with Gasteiger partial charge in [0.25, 0.3) is 11.8 Å². The normalized spacial score (nSPS) is 12.3. The molecule has 1 aromatic carbocycles. The van der Waals surface area contributed by atoms with Crippen molar-refractivity contribution in [3.8, 4) is 5.75 Å². The van der Waals surface area contributed by atoms with Gasteiger partial charge in [-0.2, -0.15) is 0 Å². The van der Waals surface area contributed by atoms with Crippen molar-refractivity contribution in [3.05, 3.63) is 53.1 Å². The van der Waals surface area contributed by atoms with Gasteiger partial charge < -0.3 is 20.8 Å². The molecule has 0 fully saturated rings. The number of pyridine rings is 1. The zero-order chi connectivity index (χ0) is 21.8. The SMILES string of the molecule is Cc1c(C(=O)N[C@@H](CO)CS(C)(=O)=O)ccc(O)c1NC(=O)c1ccncc1F.